The van der Waals surface area contributed by atoms with Gasteiger partial charge in [0.2, 0.25) is 10.0 Å². The van der Waals surface area contributed by atoms with Crippen LogP contribution in [-0.2, 0) is 16.6 Å². The van der Waals surface area contributed by atoms with Crippen molar-refractivity contribution in [2.75, 3.05) is 6.54 Å². The van der Waals surface area contributed by atoms with E-state index in [2.05, 4.69) is 21.4 Å². The average Bonchev–Trinajstić information content (AvgIpc) is 2.84. The minimum Gasteiger partial charge on any atom is -0.344 e. The molecule has 0 aliphatic carbocycles. The van der Waals surface area contributed by atoms with Crippen molar-refractivity contribution in [2.45, 2.75) is 18.4 Å². The number of hydrogen-bond donors (Lipinski definition) is 1. The van der Waals surface area contributed by atoms with Crippen molar-refractivity contribution in [1.82, 2.24) is 9.29 Å². The smallest absolute Gasteiger partial charge is 0.240 e. The molecule has 22 heavy (non-hydrogen) atoms. The zero-order chi connectivity index (χ0) is 15.6. The molecule has 3 aromatic rings. The van der Waals surface area contributed by atoms with Gasteiger partial charge in [0, 0.05) is 24.3 Å². The second-order valence-corrected chi connectivity index (χ2v) is 6.97. The van der Waals surface area contributed by atoms with E-state index in [4.69, 9.17) is 0 Å². The number of sulfonamides is 1. The summed E-state index contributed by atoms with van der Waals surface area (Å²) in [7, 11) is -3.44. The molecular weight excluding hydrogens is 296 g/mol. The first-order valence-electron chi connectivity index (χ1n) is 7.17. The van der Waals surface area contributed by atoms with Crippen LogP contribution >= 0.6 is 0 Å². The highest BCUT2D eigenvalue weighted by Gasteiger charge is 2.13. The van der Waals surface area contributed by atoms with Gasteiger partial charge in [-0.3, -0.25) is 0 Å². The molecule has 0 atom stereocenters. The van der Waals surface area contributed by atoms with Gasteiger partial charge in [0.25, 0.3) is 0 Å². The number of fused-ring (bicyclic) bond motifs is 1. The van der Waals surface area contributed by atoms with Crippen molar-refractivity contribution in [1.29, 1.82) is 0 Å². The summed E-state index contributed by atoms with van der Waals surface area (Å²) in [5.41, 5.74) is 2.25. The Hall–Kier alpha value is -2.11. The van der Waals surface area contributed by atoms with Crippen LogP contribution in [0, 0.1) is 6.92 Å². The van der Waals surface area contributed by atoms with Gasteiger partial charge >= 0.3 is 0 Å². The number of aryl methyl sites for hydroxylation is 1. The Kier molecular flexibility index (Phi) is 4.00. The maximum absolute atomic E-state index is 12.2. The Bertz CT molecular complexity index is 883. The molecule has 0 bridgehead atoms. The first kappa shape index (κ1) is 14.8. The molecule has 0 unspecified atom stereocenters. The van der Waals surface area contributed by atoms with Gasteiger partial charge in [-0.05, 0) is 36.6 Å². The van der Waals surface area contributed by atoms with Gasteiger partial charge in [-0.2, -0.15) is 0 Å². The lowest BCUT2D eigenvalue weighted by Crippen LogP contribution is -2.27. The van der Waals surface area contributed by atoms with Gasteiger partial charge in [-0.25, -0.2) is 13.1 Å². The average molecular weight is 314 g/mol. The molecule has 5 heteroatoms. The maximum Gasteiger partial charge on any atom is 0.240 e. The molecule has 114 valence electrons. The van der Waals surface area contributed by atoms with Crippen LogP contribution in [0.15, 0.2) is 65.6 Å². The van der Waals surface area contributed by atoms with Crippen molar-refractivity contribution in [3.05, 3.63) is 66.4 Å². The third-order valence-corrected chi connectivity index (χ3v) is 5.18. The van der Waals surface area contributed by atoms with Crippen LogP contribution < -0.4 is 4.72 Å². The Balaban J connectivity index is 1.74. The number of para-hydroxylation sites is 1. The van der Waals surface area contributed by atoms with Crippen molar-refractivity contribution in [3.8, 4) is 0 Å². The highest BCUT2D eigenvalue weighted by Crippen LogP contribution is 2.18. The summed E-state index contributed by atoms with van der Waals surface area (Å²) in [6.45, 7) is 2.99. The zero-order valence-electron chi connectivity index (χ0n) is 12.4. The van der Waals surface area contributed by atoms with Crippen LogP contribution in [0.25, 0.3) is 10.9 Å². The molecule has 0 amide bonds. The Morgan fingerprint density at radius 2 is 1.68 bits per heavy atom. The molecule has 0 spiro atoms. The molecule has 1 heterocycles. The lowest BCUT2D eigenvalue weighted by Gasteiger charge is -2.10. The normalized spacial score (nSPS) is 11.9. The molecule has 0 aliphatic rings. The van der Waals surface area contributed by atoms with Gasteiger partial charge in [-0.15, -0.1) is 0 Å². The van der Waals surface area contributed by atoms with Crippen LogP contribution in [0.2, 0.25) is 0 Å². The fourth-order valence-corrected chi connectivity index (χ4v) is 3.66. The summed E-state index contributed by atoms with van der Waals surface area (Å²) in [4.78, 5) is 0.295. The van der Waals surface area contributed by atoms with Gasteiger partial charge in [0.1, 0.15) is 0 Å². The highest BCUT2D eigenvalue weighted by molar-refractivity contribution is 7.89. The topological polar surface area (TPSA) is 51.1 Å². The van der Waals surface area contributed by atoms with Crippen LogP contribution in [0.5, 0.6) is 0 Å². The number of benzene rings is 2. The van der Waals surface area contributed by atoms with Crippen molar-refractivity contribution < 1.29 is 8.42 Å². The molecule has 2 aromatic carbocycles. The van der Waals surface area contributed by atoms with E-state index >= 15 is 0 Å². The molecule has 0 fully saturated rings. The standard InChI is InChI=1S/C17H18N2O2S/c1-14-13-15-7-5-6-10-17(15)19(14)12-11-18-22(20,21)16-8-3-2-4-9-16/h2-10,13,18H,11-12H2,1H3. The number of nitrogens with zero attached hydrogens (tertiary/aromatic N) is 1. The lowest BCUT2D eigenvalue weighted by molar-refractivity contribution is 0.573. The van der Waals surface area contributed by atoms with E-state index in [1.165, 1.54) is 5.39 Å². The van der Waals surface area contributed by atoms with E-state index in [9.17, 15) is 8.42 Å². The molecule has 0 saturated carbocycles. The van der Waals surface area contributed by atoms with Crippen molar-refractivity contribution in [2.24, 2.45) is 0 Å². The number of nitrogens with one attached hydrogen (secondary N) is 1. The van der Waals surface area contributed by atoms with E-state index in [1.54, 1.807) is 30.3 Å². The fourth-order valence-electron chi connectivity index (χ4n) is 2.62. The third kappa shape index (κ3) is 2.91. The van der Waals surface area contributed by atoms with Crippen LogP contribution in [0.3, 0.4) is 0 Å². The second-order valence-electron chi connectivity index (χ2n) is 5.21. The minimum atomic E-state index is -3.44. The second kappa shape index (κ2) is 5.94. The number of aromatic nitrogens is 1. The predicted octanol–water partition coefficient (Wildman–Crippen LogP) is 2.93. The first-order valence-corrected chi connectivity index (χ1v) is 8.66. The molecular formula is C17H18N2O2S. The van der Waals surface area contributed by atoms with E-state index in [1.807, 2.05) is 25.1 Å². The lowest BCUT2D eigenvalue weighted by atomic mass is 10.2. The maximum atomic E-state index is 12.2. The molecule has 1 aromatic heterocycles. The SMILES string of the molecule is Cc1cc2ccccc2n1CCNS(=O)(=O)c1ccccc1. The molecule has 0 saturated heterocycles. The summed E-state index contributed by atoms with van der Waals surface area (Å²) in [6, 6.07) is 18.7. The monoisotopic (exact) mass is 314 g/mol. The molecule has 0 radical (unpaired) electrons. The third-order valence-electron chi connectivity index (χ3n) is 3.70. The van der Waals surface area contributed by atoms with E-state index in [0.717, 1.165) is 11.2 Å². The Labute approximate surface area is 130 Å². The van der Waals surface area contributed by atoms with Crippen LogP contribution in [0.1, 0.15) is 5.69 Å². The summed E-state index contributed by atoms with van der Waals surface area (Å²) in [5.74, 6) is 0. The van der Waals surface area contributed by atoms with Crippen molar-refractivity contribution >= 4 is 20.9 Å². The van der Waals surface area contributed by atoms with Gasteiger partial charge in [0.05, 0.1) is 4.90 Å². The number of rotatable bonds is 5. The Morgan fingerprint density at radius 1 is 1.00 bits per heavy atom. The highest BCUT2D eigenvalue weighted by atomic mass is 32.2. The quantitative estimate of drug-likeness (QED) is 0.787. The molecule has 4 nitrogen and oxygen atoms in total. The largest absolute Gasteiger partial charge is 0.344 e. The fraction of sp³-hybridized carbons (Fsp3) is 0.176. The molecule has 0 aliphatic heterocycles. The van der Waals surface area contributed by atoms with Gasteiger partial charge in [0.15, 0.2) is 0 Å². The van der Waals surface area contributed by atoms with E-state index < -0.39 is 10.0 Å². The zero-order valence-corrected chi connectivity index (χ0v) is 13.2. The summed E-state index contributed by atoms with van der Waals surface area (Å²) >= 11 is 0. The van der Waals surface area contributed by atoms with E-state index in [0.29, 0.717) is 18.0 Å². The summed E-state index contributed by atoms with van der Waals surface area (Å²) < 4.78 is 29.2. The Morgan fingerprint density at radius 3 is 2.45 bits per heavy atom. The van der Waals surface area contributed by atoms with Crippen LogP contribution in [-0.4, -0.2) is 19.5 Å². The van der Waals surface area contributed by atoms with Gasteiger partial charge < -0.3 is 4.57 Å². The predicted molar refractivity (Wildman–Crippen MR) is 88.3 cm³/mol. The minimum absolute atomic E-state index is 0.295. The molecule has 3 rings (SSSR count). The van der Waals surface area contributed by atoms with Gasteiger partial charge in [-0.1, -0.05) is 36.4 Å². The summed E-state index contributed by atoms with van der Waals surface area (Å²) in [6.07, 6.45) is 0. The molecule has 1 N–H and O–H groups in total. The van der Waals surface area contributed by atoms with Crippen LogP contribution in [0.4, 0.5) is 0 Å². The summed E-state index contributed by atoms with van der Waals surface area (Å²) in [5, 5.41) is 1.17. The first-order chi connectivity index (χ1) is 10.6. The van der Waals surface area contributed by atoms with Crippen molar-refractivity contribution in [3.63, 3.8) is 0 Å². The number of hydrogen-bond acceptors (Lipinski definition) is 2. The van der Waals surface area contributed by atoms with E-state index in [-0.39, 0.29) is 0 Å².